The predicted molar refractivity (Wildman–Crippen MR) is 75.7 cm³/mol. The maximum absolute atomic E-state index is 12.9. The number of sulfonamides is 1. The minimum Gasteiger partial charge on any atom is -0.481 e. The molecular weight excluding hydrogens is 343 g/mol. The Kier molecular flexibility index (Phi) is 4.45. The molecule has 0 aliphatic heterocycles. The zero-order valence-corrected chi connectivity index (χ0v) is 12.6. The lowest BCUT2D eigenvalue weighted by molar-refractivity contribution is -0.136. The van der Waals surface area contributed by atoms with Gasteiger partial charge in [0.15, 0.2) is 5.13 Å². The molecule has 0 atom stereocenters. The Bertz CT molecular complexity index is 791. The molecule has 0 saturated carbocycles. The fourth-order valence-corrected chi connectivity index (χ4v) is 3.95. The Morgan fingerprint density at radius 1 is 1.48 bits per heavy atom. The van der Waals surface area contributed by atoms with Gasteiger partial charge in [0.25, 0.3) is 10.0 Å². The normalized spacial score (nSPS) is 11.3. The van der Waals surface area contributed by atoms with E-state index in [1.165, 1.54) is 5.38 Å². The van der Waals surface area contributed by atoms with Gasteiger partial charge in [0, 0.05) is 5.38 Å². The van der Waals surface area contributed by atoms with Crippen LogP contribution in [0.25, 0.3) is 0 Å². The summed E-state index contributed by atoms with van der Waals surface area (Å²) in [6, 6.07) is 2.89. The van der Waals surface area contributed by atoms with E-state index in [0.717, 1.165) is 29.5 Å². The first-order chi connectivity index (χ1) is 9.78. The van der Waals surface area contributed by atoms with Crippen LogP contribution < -0.4 is 4.72 Å². The largest absolute Gasteiger partial charge is 0.481 e. The molecule has 0 radical (unpaired) electrons. The molecule has 0 unspecified atom stereocenters. The summed E-state index contributed by atoms with van der Waals surface area (Å²) in [4.78, 5) is 14.1. The van der Waals surface area contributed by atoms with Crippen LogP contribution in [0, 0.1) is 5.82 Å². The molecule has 0 amide bonds. The minimum absolute atomic E-state index is 0.00615. The molecular formula is C11H8ClFN2O4S2. The minimum atomic E-state index is -4.02. The molecule has 2 rings (SSSR count). The highest BCUT2D eigenvalue weighted by Crippen LogP contribution is 2.26. The Hall–Kier alpha value is -1.71. The van der Waals surface area contributed by atoms with E-state index in [4.69, 9.17) is 16.7 Å². The second kappa shape index (κ2) is 5.96. The maximum Gasteiger partial charge on any atom is 0.309 e. The number of nitrogens with zero attached hydrogens (tertiary/aromatic N) is 1. The third kappa shape index (κ3) is 3.90. The monoisotopic (exact) mass is 350 g/mol. The van der Waals surface area contributed by atoms with E-state index in [0.29, 0.717) is 0 Å². The molecule has 0 spiro atoms. The van der Waals surface area contributed by atoms with Crippen molar-refractivity contribution in [2.45, 2.75) is 11.3 Å². The van der Waals surface area contributed by atoms with Crippen LogP contribution in [-0.2, 0) is 21.2 Å². The van der Waals surface area contributed by atoms with Crippen molar-refractivity contribution in [1.29, 1.82) is 0 Å². The lowest BCUT2D eigenvalue weighted by atomic mass is 10.3. The van der Waals surface area contributed by atoms with E-state index in [9.17, 15) is 17.6 Å². The standard InChI is InChI=1S/C11H8ClFN2O4S2/c12-8-3-6(13)1-2-9(8)21(18,19)15-11-14-7(5-20-11)4-10(16)17/h1-3,5H,4H2,(H,14,15)(H,16,17). The van der Waals surface area contributed by atoms with E-state index in [1.807, 2.05) is 0 Å². The van der Waals surface area contributed by atoms with Crippen molar-refractivity contribution in [3.05, 3.63) is 40.1 Å². The summed E-state index contributed by atoms with van der Waals surface area (Å²) in [5.74, 6) is -1.73. The molecule has 0 bridgehead atoms. The third-order valence-electron chi connectivity index (χ3n) is 2.29. The van der Waals surface area contributed by atoms with E-state index in [2.05, 4.69) is 9.71 Å². The number of hydrogen-bond donors (Lipinski definition) is 2. The van der Waals surface area contributed by atoms with Gasteiger partial charge in [-0.05, 0) is 18.2 Å². The van der Waals surface area contributed by atoms with E-state index < -0.39 is 21.8 Å². The van der Waals surface area contributed by atoms with E-state index >= 15 is 0 Å². The molecule has 0 fully saturated rings. The Morgan fingerprint density at radius 3 is 2.81 bits per heavy atom. The van der Waals surface area contributed by atoms with Gasteiger partial charge in [-0.1, -0.05) is 11.6 Å². The molecule has 1 aromatic carbocycles. The number of carboxylic acids is 1. The molecule has 10 heteroatoms. The Balaban J connectivity index is 2.25. The molecule has 2 N–H and O–H groups in total. The Labute approximate surface area is 128 Å². The first kappa shape index (κ1) is 15.7. The number of thiazole rings is 1. The van der Waals surface area contributed by atoms with Crippen molar-refractivity contribution < 1.29 is 22.7 Å². The number of aromatic nitrogens is 1. The zero-order chi connectivity index (χ0) is 15.6. The van der Waals surface area contributed by atoms with Crippen LogP contribution >= 0.6 is 22.9 Å². The lowest BCUT2D eigenvalue weighted by Crippen LogP contribution is -2.13. The summed E-state index contributed by atoms with van der Waals surface area (Å²) in [6.45, 7) is 0. The highest BCUT2D eigenvalue weighted by molar-refractivity contribution is 7.93. The van der Waals surface area contributed by atoms with Crippen LogP contribution in [0.1, 0.15) is 5.69 Å². The molecule has 2 aromatic rings. The van der Waals surface area contributed by atoms with Crippen molar-refractivity contribution in [1.82, 2.24) is 4.98 Å². The maximum atomic E-state index is 12.9. The third-order valence-corrected chi connectivity index (χ3v) is 5.05. The van der Waals surface area contributed by atoms with Crippen LogP contribution in [0.15, 0.2) is 28.5 Å². The quantitative estimate of drug-likeness (QED) is 0.862. The highest BCUT2D eigenvalue weighted by atomic mass is 35.5. The fourth-order valence-electron chi connectivity index (χ4n) is 1.45. The number of benzene rings is 1. The SMILES string of the molecule is O=C(O)Cc1csc(NS(=O)(=O)c2ccc(F)cc2Cl)n1. The second-order valence-electron chi connectivity index (χ2n) is 3.89. The number of aliphatic carboxylic acids is 1. The lowest BCUT2D eigenvalue weighted by Gasteiger charge is -2.06. The smallest absolute Gasteiger partial charge is 0.309 e. The molecule has 1 heterocycles. The van der Waals surface area contributed by atoms with E-state index in [-0.39, 0.29) is 27.2 Å². The number of carboxylic acid groups (broad SMARTS) is 1. The first-order valence-electron chi connectivity index (χ1n) is 5.42. The summed E-state index contributed by atoms with van der Waals surface area (Å²) in [5.41, 5.74) is 0.232. The summed E-state index contributed by atoms with van der Waals surface area (Å²) < 4.78 is 39.3. The second-order valence-corrected chi connectivity index (χ2v) is 6.81. The van der Waals surface area contributed by atoms with Gasteiger partial charge in [-0.2, -0.15) is 0 Å². The molecule has 0 aliphatic rings. The Morgan fingerprint density at radius 2 is 2.19 bits per heavy atom. The van der Waals surface area contributed by atoms with Gasteiger partial charge in [-0.15, -0.1) is 11.3 Å². The van der Waals surface area contributed by atoms with Crippen LogP contribution in [0.4, 0.5) is 9.52 Å². The van der Waals surface area contributed by atoms with Crippen molar-refractivity contribution in [2.24, 2.45) is 0 Å². The summed E-state index contributed by atoms with van der Waals surface area (Å²) in [6.07, 6.45) is -0.310. The molecule has 0 saturated heterocycles. The van der Waals surface area contributed by atoms with Crippen molar-refractivity contribution in [3.63, 3.8) is 0 Å². The van der Waals surface area contributed by atoms with Crippen LogP contribution in [-0.4, -0.2) is 24.5 Å². The van der Waals surface area contributed by atoms with Crippen LogP contribution in [0.2, 0.25) is 5.02 Å². The number of halogens is 2. The van der Waals surface area contributed by atoms with Crippen LogP contribution in [0.5, 0.6) is 0 Å². The fraction of sp³-hybridized carbons (Fsp3) is 0.0909. The average molecular weight is 351 g/mol. The van der Waals surface area contributed by atoms with Crippen LogP contribution in [0.3, 0.4) is 0 Å². The molecule has 112 valence electrons. The number of nitrogens with one attached hydrogen (secondary N) is 1. The topological polar surface area (TPSA) is 96.4 Å². The molecule has 21 heavy (non-hydrogen) atoms. The zero-order valence-electron chi connectivity index (χ0n) is 10.2. The van der Waals surface area contributed by atoms with Crippen molar-refractivity contribution >= 4 is 44.1 Å². The van der Waals surface area contributed by atoms with Gasteiger partial charge in [0.05, 0.1) is 17.1 Å². The average Bonchev–Trinajstić information content (AvgIpc) is 2.73. The number of hydrogen-bond acceptors (Lipinski definition) is 5. The molecule has 0 aliphatic carbocycles. The highest BCUT2D eigenvalue weighted by Gasteiger charge is 2.20. The summed E-state index contributed by atoms with van der Waals surface area (Å²) in [7, 11) is -4.02. The molecule has 1 aromatic heterocycles. The van der Waals surface area contributed by atoms with Crippen molar-refractivity contribution in [2.75, 3.05) is 4.72 Å². The summed E-state index contributed by atoms with van der Waals surface area (Å²) in [5, 5.41) is 9.80. The van der Waals surface area contributed by atoms with Gasteiger partial charge >= 0.3 is 5.97 Å². The summed E-state index contributed by atoms with van der Waals surface area (Å²) >= 11 is 6.64. The van der Waals surface area contributed by atoms with Gasteiger partial charge in [0.2, 0.25) is 0 Å². The van der Waals surface area contributed by atoms with E-state index in [1.54, 1.807) is 0 Å². The predicted octanol–water partition coefficient (Wildman–Crippen LogP) is 2.36. The van der Waals surface area contributed by atoms with Crippen molar-refractivity contribution in [3.8, 4) is 0 Å². The van der Waals surface area contributed by atoms with Gasteiger partial charge in [-0.25, -0.2) is 17.8 Å². The van der Waals surface area contributed by atoms with Gasteiger partial charge < -0.3 is 5.11 Å². The first-order valence-corrected chi connectivity index (χ1v) is 8.16. The van der Waals surface area contributed by atoms with Gasteiger partial charge in [0.1, 0.15) is 10.7 Å². The number of rotatable bonds is 5. The number of anilines is 1. The molecule has 6 nitrogen and oxygen atoms in total. The van der Waals surface area contributed by atoms with Gasteiger partial charge in [-0.3, -0.25) is 9.52 Å². The number of carbonyl (C=O) groups is 1.